The molecule has 1 aliphatic rings. The molecule has 1 fully saturated rings. The predicted octanol–water partition coefficient (Wildman–Crippen LogP) is 2.46. The van der Waals surface area contributed by atoms with E-state index in [1.165, 1.54) is 0 Å². The maximum Gasteiger partial charge on any atom is 0.134 e. The standard InChI is InChI=1S/C16H28N4O/c1-4-6-14-18-15(17-8-5-2)10-16(19-14)20-9-7-13(11-20)12(3)21/h10,12-13,21H,4-9,11H2,1-3H3,(H,17,18,19). The highest BCUT2D eigenvalue weighted by Crippen LogP contribution is 2.26. The van der Waals surface area contributed by atoms with Gasteiger partial charge in [-0.3, -0.25) is 0 Å². The molecule has 0 spiro atoms. The first kappa shape index (κ1) is 16.0. The molecule has 1 saturated heterocycles. The first-order valence-electron chi connectivity index (χ1n) is 8.18. The molecule has 5 heteroatoms. The minimum atomic E-state index is -0.246. The zero-order valence-electron chi connectivity index (χ0n) is 13.5. The molecule has 5 nitrogen and oxygen atoms in total. The van der Waals surface area contributed by atoms with Gasteiger partial charge in [0.1, 0.15) is 17.5 Å². The highest BCUT2D eigenvalue weighted by Gasteiger charge is 2.27. The Balaban J connectivity index is 2.15. The van der Waals surface area contributed by atoms with Crippen molar-refractivity contribution in [2.45, 2.75) is 52.6 Å². The van der Waals surface area contributed by atoms with Gasteiger partial charge < -0.3 is 15.3 Å². The molecular formula is C16H28N4O. The average Bonchev–Trinajstić information content (AvgIpc) is 2.95. The lowest BCUT2D eigenvalue weighted by Gasteiger charge is -2.20. The number of nitrogens with one attached hydrogen (secondary N) is 1. The van der Waals surface area contributed by atoms with Crippen molar-refractivity contribution in [2.24, 2.45) is 5.92 Å². The molecule has 118 valence electrons. The summed E-state index contributed by atoms with van der Waals surface area (Å²) in [5.74, 6) is 3.18. The smallest absolute Gasteiger partial charge is 0.134 e. The molecule has 1 aliphatic heterocycles. The van der Waals surface area contributed by atoms with Crippen LogP contribution >= 0.6 is 0 Å². The second kappa shape index (κ2) is 7.59. The van der Waals surface area contributed by atoms with Crippen LogP contribution in [0.25, 0.3) is 0 Å². The van der Waals surface area contributed by atoms with Gasteiger partial charge in [0.05, 0.1) is 6.10 Å². The monoisotopic (exact) mass is 292 g/mol. The summed E-state index contributed by atoms with van der Waals surface area (Å²) >= 11 is 0. The molecule has 2 heterocycles. The molecule has 21 heavy (non-hydrogen) atoms. The summed E-state index contributed by atoms with van der Waals surface area (Å²) in [6, 6.07) is 2.04. The zero-order valence-corrected chi connectivity index (χ0v) is 13.5. The Bertz CT molecular complexity index is 450. The molecule has 1 aromatic heterocycles. The summed E-state index contributed by atoms with van der Waals surface area (Å²) in [5, 5.41) is 13.1. The third-order valence-corrected chi connectivity index (χ3v) is 4.02. The number of hydrogen-bond acceptors (Lipinski definition) is 5. The molecule has 2 N–H and O–H groups in total. The molecule has 0 aliphatic carbocycles. The molecule has 2 rings (SSSR count). The van der Waals surface area contributed by atoms with Gasteiger partial charge in [-0.25, -0.2) is 9.97 Å². The third-order valence-electron chi connectivity index (χ3n) is 4.02. The van der Waals surface area contributed by atoms with Gasteiger partial charge in [-0.05, 0) is 26.2 Å². The number of hydrogen-bond donors (Lipinski definition) is 2. The molecular weight excluding hydrogens is 264 g/mol. The van der Waals surface area contributed by atoms with E-state index in [1.807, 2.05) is 13.0 Å². The van der Waals surface area contributed by atoms with Crippen molar-refractivity contribution in [1.82, 2.24) is 9.97 Å². The van der Waals surface area contributed by atoms with Crippen LogP contribution in [0.3, 0.4) is 0 Å². The molecule has 0 amide bonds. The summed E-state index contributed by atoms with van der Waals surface area (Å²) in [6.07, 6.45) is 3.82. The maximum absolute atomic E-state index is 9.75. The van der Waals surface area contributed by atoms with E-state index in [0.717, 1.165) is 62.8 Å². The van der Waals surface area contributed by atoms with Crippen molar-refractivity contribution in [3.63, 3.8) is 0 Å². The second-order valence-electron chi connectivity index (χ2n) is 5.94. The fourth-order valence-corrected chi connectivity index (χ4v) is 2.71. The van der Waals surface area contributed by atoms with Gasteiger partial charge in [0.15, 0.2) is 0 Å². The first-order chi connectivity index (χ1) is 10.1. The SMILES string of the molecule is CCCNc1cc(N2CCC(C(C)O)C2)nc(CCC)n1. The summed E-state index contributed by atoms with van der Waals surface area (Å²) in [6.45, 7) is 8.95. The van der Waals surface area contributed by atoms with Crippen LogP contribution in [0, 0.1) is 5.92 Å². The van der Waals surface area contributed by atoms with Crippen LogP contribution in [0.1, 0.15) is 45.9 Å². The zero-order chi connectivity index (χ0) is 15.2. The lowest BCUT2D eigenvalue weighted by molar-refractivity contribution is 0.136. The van der Waals surface area contributed by atoms with Crippen molar-refractivity contribution >= 4 is 11.6 Å². The van der Waals surface area contributed by atoms with Gasteiger partial charge in [-0.1, -0.05) is 13.8 Å². The minimum absolute atomic E-state index is 0.246. The van der Waals surface area contributed by atoms with Crippen LogP contribution in [0.4, 0.5) is 11.6 Å². The second-order valence-corrected chi connectivity index (χ2v) is 5.94. The fourth-order valence-electron chi connectivity index (χ4n) is 2.71. The fraction of sp³-hybridized carbons (Fsp3) is 0.750. The lowest BCUT2D eigenvalue weighted by Crippen LogP contribution is -2.25. The minimum Gasteiger partial charge on any atom is -0.393 e. The number of aryl methyl sites for hydroxylation is 1. The number of rotatable bonds is 7. The van der Waals surface area contributed by atoms with E-state index in [0.29, 0.717) is 5.92 Å². The number of aliphatic hydroxyl groups excluding tert-OH is 1. The van der Waals surface area contributed by atoms with Gasteiger partial charge in [0.2, 0.25) is 0 Å². The van der Waals surface area contributed by atoms with Crippen LogP contribution in [0.5, 0.6) is 0 Å². The molecule has 0 bridgehead atoms. The van der Waals surface area contributed by atoms with E-state index in [4.69, 9.17) is 4.98 Å². The van der Waals surface area contributed by atoms with E-state index in [2.05, 4.69) is 29.0 Å². The normalized spacial score (nSPS) is 19.8. The Labute approximate surface area is 127 Å². The Morgan fingerprint density at radius 2 is 2.19 bits per heavy atom. The molecule has 2 unspecified atom stereocenters. The number of aromatic nitrogens is 2. The van der Waals surface area contributed by atoms with Crippen molar-refractivity contribution in [3.8, 4) is 0 Å². The van der Waals surface area contributed by atoms with E-state index in [9.17, 15) is 5.11 Å². The van der Waals surface area contributed by atoms with E-state index >= 15 is 0 Å². The van der Waals surface area contributed by atoms with Gasteiger partial charge in [0, 0.05) is 38.0 Å². The Kier molecular flexibility index (Phi) is 5.79. The van der Waals surface area contributed by atoms with Crippen LogP contribution in [0.15, 0.2) is 6.07 Å². The van der Waals surface area contributed by atoms with Crippen LogP contribution in [-0.4, -0.2) is 40.8 Å². The number of anilines is 2. The summed E-state index contributed by atoms with van der Waals surface area (Å²) in [4.78, 5) is 11.6. The molecule has 0 saturated carbocycles. The number of aliphatic hydroxyl groups is 1. The Morgan fingerprint density at radius 1 is 1.38 bits per heavy atom. The number of nitrogens with zero attached hydrogens (tertiary/aromatic N) is 3. The lowest BCUT2D eigenvalue weighted by atomic mass is 10.0. The summed E-state index contributed by atoms with van der Waals surface area (Å²) in [7, 11) is 0. The summed E-state index contributed by atoms with van der Waals surface area (Å²) in [5.41, 5.74) is 0. The van der Waals surface area contributed by atoms with E-state index in [-0.39, 0.29) is 6.10 Å². The topological polar surface area (TPSA) is 61.3 Å². The van der Waals surface area contributed by atoms with Gasteiger partial charge in [-0.2, -0.15) is 0 Å². The largest absolute Gasteiger partial charge is 0.393 e. The molecule has 0 radical (unpaired) electrons. The maximum atomic E-state index is 9.75. The van der Waals surface area contributed by atoms with Crippen molar-refractivity contribution in [3.05, 3.63) is 11.9 Å². The third kappa shape index (κ3) is 4.30. The summed E-state index contributed by atoms with van der Waals surface area (Å²) < 4.78 is 0. The van der Waals surface area contributed by atoms with E-state index in [1.54, 1.807) is 0 Å². The van der Waals surface area contributed by atoms with E-state index < -0.39 is 0 Å². The highest BCUT2D eigenvalue weighted by atomic mass is 16.3. The van der Waals surface area contributed by atoms with Crippen molar-refractivity contribution < 1.29 is 5.11 Å². The van der Waals surface area contributed by atoms with Crippen LogP contribution < -0.4 is 10.2 Å². The quantitative estimate of drug-likeness (QED) is 0.808. The molecule has 1 aromatic rings. The van der Waals surface area contributed by atoms with Gasteiger partial charge >= 0.3 is 0 Å². The Morgan fingerprint density at radius 3 is 2.81 bits per heavy atom. The Hall–Kier alpha value is -1.36. The van der Waals surface area contributed by atoms with Crippen LogP contribution in [-0.2, 0) is 6.42 Å². The highest BCUT2D eigenvalue weighted by molar-refractivity contribution is 5.50. The molecule has 0 aromatic carbocycles. The predicted molar refractivity (Wildman–Crippen MR) is 86.8 cm³/mol. The van der Waals surface area contributed by atoms with Gasteiger partial charge in [0.25, 0.3) is 0 Å². The van der Waals surface area contributed by atoms with Crippen molar-refractivity contribution in [1.29, 1.82) is 0 Å². The van der Waals surface area contributed by atoms with Crippen LogP contribution in [0.2, 0.25) is 0 Å². The van der Waals surface area contributed by atoms with Crippen molar-refractivity contribution in [2.75, 3.05) is 29.9 Å². The first-order valence-corrected chi connectivity index (χ1v) is 8.18. The van der Waals surface area contributed by atoms with Gasteiger partial charge in [-0.15, -0.1) is 0 Å². The molecule has 2 atom stereocenters. The average molecular weight is 292 g/mol.